The number of hydrogen-bond donors (Lipinski definition) is 1. The molecule has 1 aromatic carbocycles. The van der Waals surface area contributed by atoms with Gasteiger partial charge in [0, 0.05) is 13.0 Å². The molecule has 26 heavy (non-hydrogen) atoms. The minimum atomic E-state index is -0.544. The Bertz CT molecular complexity index is 931. The molecule has 4 rings (SSSR count). The van der Waals surface area contributed by atoms with Crippen LogP contribution >= 0.6 is 0 Å². The normalized spacial score (nSPS) is 15.2. The van der Waals surface area contributed by atoms with E-state index in [0.717, 1.165) is 16.7 Å². The maximum absolute atomic E-state index is 12.6. The van der Waals surface area contributed by atoms with E-state index < -0.39 is 6.10 Å². The van der Waals surface area contributed by atoms with Crippen LogP contribution < -0.4 is 0 Å². The minimum Gasteiger partial charge on any atom is -0.387 e. The van der Waals surface area contributed by atoms with Crippen molar-refractivity contribution in [2.75, 3.05) is 6.54 Å². The highest BCUT2D eigenvalue weighted by Gasteiger charge is 2.23. The molecule has 3 aromatic rings. The lowest BCUT2D eigenvalue weighted by Gasteiger charge is -2.27. The van der Waals surface area contributed by atoms with Crippen LogP contribution in [-0.2, 0) is 24.4 Å². The van der Waals surface area contributed by atoms with Gasteiger partial charge in [-0.05, 0) is 24.6 Å². The molecule has 8 nitrogen and oxygen atoms in total. The number of hydrogen-bond acceptors (Lipinski definition) is 5. The van der Waals surface area contributed by atoms with Crippen LogP contribution in [0.1, 0.15) is 37.3 Å². The van der Waals surface area contributed by atoms with Crippen LogP contribution in [0.4, 0.5) is 0 Å². The van der Waals surface area contributed by atoms with E-state index in [4.69, 9.17) is 0 Å². The summed E-state index contributed by atoms with van der Waals surface area (Å²) in [7, 11) is 0. The summed E-state index contributed by atoms with van der Waals surface area (Å²) in [6.07, 6.45) is 0.467. The zero-order chi connectivity index (χ0) is 18.1. The summed E-state index contributed by atoms with van der Waals surface area (Å²) < 4.78 is 3.67. The molecular weight excluding hydrogens is 332 g/mol. The Morgan fingerprint density at radius 2 is 2.15 bits per heavy atom. The molecule has 1 N–H and O–H groups in total. The largest absolute Gasteiger partial charge is 0.387 e. The molecule has 0 saturated heterocycles. The van der Waals surface area contributed by atoms with Crippen molar-refractivity contribution >= 4 is 16.9 Å². The molecule has 0 bridgehead atoms. The van der Waals surface area contributed by atoms with Gasteiger partial charge in [0.15, 0.2) is 0 Å². The van der Waals surface area contributed by atoms with Crippen molar-refractivity contribution in [2.45, 2.75) is 45.5 Å². The fourth-order valence-electron chi connectivity index (χ4n) is 3.32. The van der Waals surface area contributed by atoms with E-state index in [1.165, 1.54) is 0 Å². The van der Waals surface area contributed by atoms with Gasteiger partial charge in [0.2, 0.25) is 5.91 Å². The van der Waals surface area contributed by atoms with Gasteiger partial charge in [-0.2, -0.15) is 5.10 Å². The highest BCUT2D eigenvalue weighted by atomic mass is 16.3. The number of amides is 1. The lowest BCUT2D eigenvalue weighted by molar-refractivity contribution is -0.133. The lowest BCUT2D eigenvalue weighted by atomic mass is 10.2. The molecule has 1 amide bonds. The topological polar surface area (TPSA) is 89.1 Å². The van der Waals surface area contributed by atoms with Crippen LogP contribution in [0.3, 0.4) is 0 Å². The van der Waals surface area contributed by atoms with E-state index in [1.54, 1.807) is 4.68 Å². The van der Waals surface area contributed by atoms with Crippen LogP contribution in [0, 0.1) is 0 Å². The lowest BCUT2D eigenvalue weighted by Crippen LogP contribution is -2.38. The molecule has 2 aromatic heterocycles. The first-order chi connectivity index (χ1) is 12.7. The van der Waals surface area contributed by atoms with Crippen molar-refractivity contribution in [3.8, 4) is 0 Å². The van der Waals surface area contributed by atoms with Gasteiger partial charge in [0.25, 0.3) is 0 Å². The molecule has 0 fully saturated rings. The van der Waals surface area contributed by atoms with E-state index in [-0.39, 0.29) is 5.91 Å². The quantitative estimate of drug-likeness (QED) is 0.750. The Balaban J connectivity index is 1.40. The summed E-state index contributed by atoms with van der Waals surface area (Å²) in [5.41, 5.74) is 3.43. The standard InChI is InChI=1S/C18H22N6O2/c1-2-17(25)15-11-13-12-22(9-10-23(13)20-15)18(26)7-8-24-16-6-4-3-5-14(16)19-21-24/h3-6,11,17,25H,2,7-10,12H2,1H3/t17-/m0/s1. The number of fused-ring (bicyclic) bond motifs is 2. The number of aromatic nitrogens is 5. The number of aliphatic hydroxyl groups is 1. The number of benzene rings is 1. The molecule has 136 valence electrons. The maximum atomic E-state index is 12.6. The van der Waals surface area contributed by atoms with Crippen molar-refractivity contribution in [3.05, 3.63) is 41.7 Å². The van der Waals surface area contributed by atoms with E-state index in [1.807, 2.05) is 46.8 Å². The van der Waals surface area contributed by atoms with Crippen molar-refractivity contribution in [1.82, 2.24) is 29.7 Å². The number of carbonyl (C=O) groups excluding carboxylic acids is 1. The van der Waals surface area contributed by atoms with Crippen LogP contribution in [0.5, 0.6) is 0 Å². The van der Waals surface area contributed by atoms with E-state index >= 15 is 0 Å². The first-order valence-electron chi connectivity index (χ1n) is 8.96. The Labute approximate surface area is 151 Å². The Hall–Kier alpha value is -2.74. The summed E-state index contributed by atoms with van der Waals surface area (Å²) in [5, 5.41) is 22.7. The molecule has 0 aliphatic carbocycles. The number of rotatable bonds is 5. The van der Waals surface area contributed by atoms with Gasteiger partial charge in [-0.3, -0.25) is 9.48 Å². The molecule has 3 heterocycles. The number of nitrogens with zero attached hydrogens (tertiary/aromatic N) is 6. The Kier molecular flexibility index (Phi) is 4.42. The van der Waals surface area contributed by atoms with Gasteiger partial charge in [-0.1, -0.05) is 24.3 Å². The number of carbonyl (C=O) groups is 1. The molecule has 8 heteroatoms. The highest BCUT2D eigenvalue weighted by molar-refractivity contribution is 5.77. The van der Waals surface area contributed by atoms with Crippen LogP contribution in [-0.4, -0.2) is 47.2 Å². The summed E-state index contributed by atoms with van der Waals surface area (Å²) in [5.74, 6) is 0.0922. The Morgan fingerprint density at radius 3 is 3.00 bits per heavy atom. The first-order valence-corrected chi connectivity index (χ1v) is 8.96. The zero-order valence-corrected chi connectivity index (χ0v) is 14.7. The average molecular weight is 354 g/mol. The monoisotopic (exact) mass is 354 g/mol. The molecule has 0 radical (unpaired) electrons. The van der Waals surface area contributed by atoms with Gasteiger partial charge in [-0.25, -0.2) is 4.68 Å². The SMILES string of the molecule is CC[C@H](O)c1cc2n(n1)CCN(C(=O)CCn1nnc3ccccc31)C2. The van der Waals surface area contributed by atoms with Crippen LogP contribution in [0.2, 0.25) is 0 Å². The smallest absolute Gasteiger partial charge is 0.224 e. The third kappa shape index (κ3) is 3.08. The third-order valence-electron chi connectivity index (χ3n) is 4.86. The molecule has 1 aliphatic heterocycles. The fraction of sp³-hybridized carbons (Fsp3) is 0.444. The summed E-state index contributed by atoms with van der Waals surface area (Å²) in [4.78, 5) is 14.5. The van der Waals surface area contributed by atoms with Crippen molar-refractivity contribution in [3.63, 3.8) is 0 Å². The zero-order valence-electron chi connectivity index (χ0n) is 14.7. The third-order valence-corrected chi connectivity index (χ3v) is 4.86. The molecular formula is C18H22N6O2. The van der Waals surface area contributed by atoms with Crippen LogP contribution in [0.15, 0.2) is 30.3 Å². The summed E-state index contributed by atoms with van der Waals surface area (Å²) in [6, 6.07) is 9.64. The second-order valence-corrected chi connectivity index (χ2v) is 6.57. The van der Waals surface area contributed by atoms with Crippen molar-refractivity contribution < 1.29 is 9.90 Å². The summed E-state index contributed by atoms with van der Waals surface area (Å²) in [6.45, 7) is 4.25. The molecule has 1 atom stereocenters. The molecule has 0 unspecified atom stereocenters. The summed E-state index contributed by atoms with van der Waals surface area (Å²) >= 11 is 0. The van der Waals surface area contributed by atoms with Gasteiger partial charge >= 0.3 is 0 Å². The van der Waals surface area contributed by atoms with Crippen molar-refractivity contribution in [2.24, 2.45) is 0 Å². The van der Waals surface area contributed by atoms with Gasteiger partial charge in [0.05, 0.1) is 42.6 Å². The van der Waals surface area contributed by atoms with Crippen molar-refractivity contribution in [1.29, 1.82) is 0 Å². The van der Waals surface area contributed by atoms with E-state index in [0.29, 0.717) is 44.7 Å². The number of para-hydroxylation sites is 1. The average Bonchev–Trinajstić information content (AvgIpc) is 3.28. The van der Waals surface area contributed by atoms with E-state index in [2.05, 4.69) is 15.4 Å². The molecule has 1 aliphatic rings. The second-order valence-electron chi connectivity index (χ2n) is 6.57. The predicted octanol–water partition coefficient (Wildman–Crippen LogP) is 1.50. The van der Waals surface area contributed by atoms with Crippen LogP contribution in [0.25, 0.3) is 11.0 Å². The fourth-order valence-corrected chi connectivity index (χ4v) is 3.32. The van der Waals surface area contributed by atoms with Gasteiger partial charge in [0.1, 0.15) is 5.52 Å². The maximum Gasteiger partial charge on any atom is 0.224 e. The molecule has 0 saturated carbocycles. The molecule has 0 spiro atoms. The second kappa shape index (κ2) is 6.87. The predicted molar refractivity (Wildman–Crippen MR) is 95.0 cm³/mol. The Morgan fingerprint density at radius 1 is 1.31 bits per heavy atom. The van der Waals surface area contributed by atoms with Gasteiger partial charge < -0.3 is 10.0 Å². The minimum absolute atomic E-state index is 0.0922. The highest BCUT2D eigenvalue weighted by Crippen LogP contribution is 2.20. The number of aryl methyl sites for hydroxylation is 1. The number of aliphatic hydroxyl groups excluding tert-OH is 1. The first kappa shape index (κ1) is 16.7. The van der Waals surface area contributed by atoms with E-state index in [9.17, 15) is 9.90 Å². The van der Waals surface area contributed by atoms with Gasteiger partial charge in [-0.15, -0.1) is 5.10 Å².